The molecule has 1 aromatic rings. The van der Waals surface area contributed by atoms with Crippen molar-refractivity contribution in [3.8, 4) is 0 Å². The van der Waals surface area contributed by atoms with Gasteiger partial charge < -0.3 is 15.4 Å². The molecule has 1 fully saturated rings. The molecule has 4 heteroatoms. The van der Waals surface area contributed by atoms with E-state index in [9.17, 15) is 4.79 Å². The first-order valence-electron chi connectivity index (χ1n) is 9.09. The van der Waals surface area contributed by atoms with E-state index in [1.54, 1.807) is 0 Å². The Bertz CT molecular complexity index is 524. The SMILES string of the molecule is O=C(NCCCOC1CCCCC1)Nc1ccc2c(c1)CCC2. The summed E-state index contributed by atoms with van der Waals surface area (Å²) in [5.41, 5.74) is 3.70. The highest BCUT2D eigenvalue weighted by atomic mass is 16.5. The van der Waals surface area contributed by atoms with Crippen molar-refractivity contribution in [2.45, 2.75) is 63.9 Å². The topological polar surface area (TPSA) is 50.4 Å². The molecule has 1 aromatic carbocycles. The maximum atomic E-state index is 11.9. The first kappa shape index (κ1) is 16.3. The minimum Gasteiger partial charge on any atom is -0.378 e. The Kier molecular flexibility index (Phi) is 5.92. The van der Waals surface area contributed by atoms with Gasteiger partial charge >= 0.3 is 6.03 Å². The smallest absolute Gasteiger partial charge is 0.319 e. The summed E-state index contributed by atoms with van der Waals surface area (Å²) in [7, 11) is 0. The molecule has 2 N–H and O–H groups in total. The summed E-state index contributed by atoms with van der Waals surface area (Å²) in [5, 5.41) is 5.83. The van der Waals surface area contributed by atoms with Gasteiger partial charge in [-0.1, -0.05) is 25.3 Å². The zero-order chi connectivity index (χ0) is 15.9. The van der Waals surface area contributed by atoms with Crippen molar-refractivity contribution in [2.75, 3.05) is 18.5 Å². The molecule has 0 bridgehead atoms. The van der Waals surface area contributed by atoms with E-state index in [1.807, 2.05) is 6.07 Å². The Balaban J connectivity index is 1.30. The van der Waals surface area contributed by atoms with Crippen LogP contribution in [0, 0.1) is 0 Å². The van der Waals surface area contributed by atoms with Crippen LogP contribution in [0.25, 0.3) is 0 Å². The van der Waals surface area contributed by atoms with Crippen LogP contribution in [0.15, 0.2) is 18.2 Å². The molecule has 1 saturated carbocycles. The number of nitrogens with one attached hydrogen (secondary N) is 2. The molecule has 0 radical (unpaired) electrons. The Hall–Kier alpha value is -1.55. The van der Waals surface area contributed by atoms with E-state index in [0.717, 1.165) is 25.1 Å². The number of carbonyl (C=O) groups is 1. The van der Waals surface area contributed by atoms with Crippen molar-refractivity contribution < 1.29 is 9.53 Å². The van der Waals surface area contributed by atoms with Crippen molar-refractivity contribution in [3.63, 3.8) is 0 Å². The van der Waals surface area contributed by atoms with E-state index in [0.29, 0.717) is 12.6 Å². The number of amides is 2. The van der Waals surface area contributed by atoms with E-state index >= 15 is 0 Å². The third-order valence-corrected chi connectivity index (χ3v) is 4.87. The molecule has 23 heavy (non-hydrogen) atoms. The fraction of sp³-hybridized carbons (Fsp3) is 0.632. The van der Waals surface area contributed by atoms with Gasteiger partial charge in [0.05, 0.1) is 6.10 Å². The second kappa shape index (κ2) is 8.34. The maximum absolute atomic E-state index is 11.9. The second-order valence-electron chi connectivity index (χ2n) is 6.70. The molecule has 0 aromatic heterocycles. The molecule has 0 atom stereocenters. The third kappa shape index (κ3) is 4.96. The summed E-state index contributed by atoms with van der Waals surface area (Å²) in [6, 6.07) is 6.11. The van der Waals surface area contributed by atoms with Crippen molar-refractivity contribution in [1.29, 1.82) is 0 Å². The third-order valence-electron chi connectivity index (χ3n) is 4.87. The Morgan fingerprint density at radius 3 is 2.78 bits per heavy atom. The van der Waals surface area contributed by atoms with Gasteiger partial charge in [-0.2, -0.15) is 0 Å². The molecule has 2 amide bonds. The molecule has 0 aliphatic heterocycles. The van der Waals surface area contributed by atoms with Gasteiger partial charge in [-0.25, -0.2) is 4.79 Å². The van der Waals surface area contributed by atoms with Crippen LogP contribution in [0.1, 0.15) is 56.1 Å². The van der Waals surface area contributed by atoms with Gasteiger partial charge in [0.2, 0.25) is 0 Å². The van der Waals surface area contributed by atoms with E-state index in [2.05, 4.69) is 22.8 Å². The Morgan fingerprint density at radius 1 is 1.09 bits per heavy atom. The number of hydrogen-bond acceptors (Lipinski definition) is 2. The fourth-order valence-electron chi connectivity index (χ4n) is 3.58. The van der Waals surface area contributed by atoms with Crippen LogP contribution in [-0.4, -0.2) is 25.3 Å². The number of benzene rings is 1. The molecule has 4 nitrogen and oxygen atoms in total. The quantitative estimate of drug-likeness (QED) is 0.778. The fourth-order valence-corrected chi connectivity index (χ4v) is 3.58. The van der Waals surface area contributed by atoms with Crippen molar-refractivity contribution in [1.82, 2.24) is 5.32 Å². The van der Waals surface area contributed by atoms with Crippen molar-refractivity contribution >= 4 is 11.7 Å². The van der Waals surface area contributed by atoms with Gasteiger partial charge in [-0.05, 0) is 61.8 Å². The largest absolute Gasteiger partial charge is 0.378 e. The highest BCUT2D eigenvalue weighted by molar-refractivity contribution is 5.89. The number of hydrogen-bond donors (Lipinski definition) is 2. The second-order valence-corrected chi connectivity index (χ2v) is 6.70. The van der Waals surface area contributed by atoms with E-state index in [4.69, 9.17) is 4.74 Å². The van der Waals surface area contributed by atoms with Gasteiger partial charge in [0.15, 0.2) is 0 Å². The van der Waals surface area contributed by atoms with Crippen LogP contribution in [-0.2, 0) is 17.6 Å². The highest BCUT2D eigenvalue weighted by Gasteiger charge is 2.13. The summed E-state index contributed by atoms with van der Waals surface area (Å²) in [5.74, 6) is 0. The predicted molar refractivity (Wildman–Crippen MR) is 92.9 cm³/mol. The first-order valence-corrected chi connectivity index (χ1v) is 9.09. The lowest BCUT2D eigenvalue weighted by Crippen LogP contribution is -2.30. The molecule has 126 valence electrons. The molecule has 3 rings (SSSR count). The lowest BCUT2D eigenvalue weighted by atomic mass is 9.98. The van der Waals surface area contributed by atoms with E-state index < -0.39 is 0 Å². The number of carbonyl (C=O) groups excluding carboxylic acids is 1. The number of fused-ring (bicyclic) bond motifs is 1. The summed E-state index contributed by atoms with van der Waals surface area (Å²) in [6.45, 7) is 1.40. The van der Waals surface area contributed by atoms with Gasteiger partial charge in [-0.3, -0.25) is 0 Å². The summed E-state index contributed by atoms with van der Waals surface area (Å²) in [4.78, 5) is 11.9. The van der Waals surface area contributed by atoms with Gasteiger partial charge in [0, 0.05) is 18.8 Å². The molecular weight excluding hydrogens is 288 g/mol. The molecular formula is C19H28N2O2. The minimum atomic E-state index is -0.124. The van der Waals surface area contributed by atoms with E-state index in [-0.39, 0.29) is 6.03 Å². The summed E-state index contributed by atoms with van der Waals surface area (Å²) >= 11 is 0. The predicted octanol–water partition coefficient (Wildman–Crippen LogP) is 4.04. The van der Waals surface area contributed by atoms with Crippen molar-refractivity contribution in [2.24, 2.45) is 0 Å². The van der Waals surface area contributed by atoms with Gasteiger partial charge in [-0.15, -0.1) is 0 Å². The lowest BCUT2D eigenvalue weighted by molar-refractivity contribution is 0.0276. The first-order chi connectivity index (χ1) is 11.3. The van der Waals surface area contributed by atoms with Gasteiger partial charge in [0.1, 0.15) is 0 Å². The maximum Gasteiger partial charge on any atom is 0.319 e. The van der Waals surface area contributed by atoms with Crippen LogP contribution in [0.2, 0.25) is 0 Å². The Labute approximate surface area is 139 Å². The standard InChI is InChI=1S/C19H28N2O2/c22-19(20-12-5-13-23-18-8-2-1-3-9-18)21-17-11-10-15-6-4-7-16(15)14-17/h10-11,14,18H,1-9,12-13H2,(H2,20,21,22). The zero-order valence-electron chi connectivity index (χ0n) is 13.9. The van der Waals surface area contributed by atoms with Crippen LogP contribution >= 0.6 is 0 Å². The molecule has 0 unspecified atom stereocenters. The number of anilines is 1. The van der Waals surface area contributed by atoms with Crippen LogP contribution in [0.3, 0.4) is 0 Å². The summed E-state index contributed by atoms with van der Waals surface area (Å²) < 4.78 is 5.86. The molecule has 0 heterocycles. The van der Waals surface area contributed by atoms with E-state index in [1.165, 1.54) is 56.1 Å². The average Bonchev–Trinajstić information content (AvgIpc) is 3.03. The average molecular weight is 316 g/mol. The molecule has 0 spiro atoms. The Morgan fingerprint density at radius 2 is 1.91 bits per heavy atom. The lowest BCUT2D eigenvalue weighted by Gasteiger charge is -2.21. The highest BCUT2D eigenvalue weighted by Crippen LogP contribution is 2.24. The molecule has 2 aliphatic rings. The normalized spacial score (nSPS) is 17.7. The van der Waals surface area contributed by atoms with Crippen LogP contribution in [0.5, 0.6) is 0 Å². The number of aryl methyl sites for hydroxylation is 2. The number of ether oxygens (including phenoxy) is 1. The summed E-state index contributed by atoms with van der Waals surface area (Å²) in [6.07, 6.45) is 11.2. The van der Waals surface area contributed by atoms with Crippen molar-refractivity contribution in [3.05, 3.63) is 29.3 Å². The minimum absolute atomic E-state index is 0.124. The van der Waals surface area contributed by atoms with Crippen LogP contribution in [0.4, 0.5) is 10.5 Å². The zero-order valence-corrected chi connectivity index (χ0v) is 13.9. The molecule has 2 aliphatic carbocycles. The van der Waals surface area contributed by atoms with Crippen LogP contribution < -0.4 is 10.6 Å². The number of urea groups is 1. The van der Waals surface area contributed by atoms with Gasteiger partial charge in [0.25, 0.3) is 0 Å². The monoisotopic (exact) mass is 316 g/mol. The number of rotatable bonds is 6. The molecule has 0 saturated heterocycles.